The van der Waals surface area contributed by atoms with Crippen molar-refractivity contribution in [1.29, 1.82) is 0 Å². The average Bonchev–Trinajstić information content (AvgIpc) is 2.93. The summed E-state index contributed by atoms with van der Waals surface area (Å²) in [5, 5.41) is 25.2. The Bertz CT molecular complexity index is 1040. The third kappa shape index (κ3) is 7.44. The van der Waals surface area contributed by atoms with Gasteiger partial charge in [-0.25, -0.2) is 0 Å². The van der Waals surface area contributed by atoms with Gasteiger partial charge >= 0.3 is 0 Å². The monoisotopic (exact) mass is 578 g/mol. The van der Waals surface area contributed by atoms with Crippen LogP contribution in [0.5, 0.6) is 0 Å². The summed E-state index contributed by atoms with van der Waals surface area (Å²) >= 11 is 0. The lowest BCUT2D eigenvalue weighted by Crippen LogP contribution is -2.69. The van der Waals surface area contributed by atoms with Crippen molar-refractivity contribution in [1.82, 2.24) is 4.90 Å². The third-order valence-electron chi connectivity index (χ3n) is 9.51. The zero-order chi connectivity index (χ0) is 30.8. The number of carbonyl (C=O) groups excluding carboxylic acids is 2. The number of hydrogen-bond donors (Lipinski definition) is 3. The summed E-state index contributed by atoms with van der Waals surface area (Å²) in [6.07, 6.45) is 7.34. The number of primary amides is 1. The van der Waals surface area contributed by atoms with Gasteiger partial charge in [0.15, 0.2) is 0 Å². The van der Waals surface area contributed by atoms with Gasteiger partial charge in [0.2, 0.25) is 11.8 Å². The van der Waals surface area contributed by atoms with Crippen LogP contribution < -0.4 is 5.73 Å². The first-order chi connectivity index (χ1) is 20.1. The van der Waals surface area contributed by atoms with Crippen LogP contribution in [0.15, 0.2) is 60.7 Å². The molecule has 0 aliphatic heterocycles. The van der Waals surface area contributed by atoms with Gasteiger partial charge in [-0.2, -0.15) is 0 Å². The van der Waals surface area contributed by atoms with Crippen molar-refractivity contribution in [3.63, 3.8) is 0 Å². The predicted octanol–water partition coefficient (Wildman–Crippen LogP) is 6.36. The Labute approximate surface area is 253 Å². The predicted molar refractivity (Wildman–Crippen MR) is 170 cm³/mol. The molecule has 0 spiro atoms. The maximum absolute atomic E-state index is 15.1. The van der Waals surface area contributed by atoms with Gasteiger partial charge < -0.3 is 20.8 Å². The second-order valence-corrected chi connectivity index (χ2v) is 12.6. The van der Waals surface area contributed by atoms with E-state index in [1.807, 2.05) is 60.7 Å². The van der Waals surface area contributed by atoms with E-state index in [1.165, 1.54) is 0 Å². The maximum atomic E-state index is 15.1. The second kappa shape index (κ2) is 15.2. The van der Waals surface area contributed by atoms with Crippen molar-refractivity contribution in [2.45, 2.75) is 134 Å². The molecule has 42 heavy (non-hydrogen) atoms. The molecular weight excluding hydrogens is 524 g/mol. The Morgan fingerprint density at radius 2 is 1.10 bits per heavy atom. The summed E-state index contributed by atoms with van der Waals surface area (Å²) in [7, 11) is 0. The quantitative estimate of drug-likeness (QED) is 0.179. The number of carbonyl (C=O) groups is 2. The summed E-state index contributed by atoms with van der Waals surface area (Å²) in [6, 6.07) is 18.6. The van der Waals surface area contributed by atoms with Gasteiger partial charge in [0.1, 0.15) is 5.41 Å². The van der Waals surface area contributed by atoms with E-state index in [9.17, 15) is 15.0 Å². The van der Waals surface area contributed by atoms with Gasteiger partial charge in [-0.1, -0.05) is 120 Å². The molecule has 2 atom stereocenters. The molecule has 6 nitrogen and oxygen atoms in total. The fraction of sp³-hybridized carbons (Fsp3) is 0.611. The number of aliphatic hydroxyl groups is 2. The number of nitrogens with two attached hydrogens (primary N) is 1. The maximum Gasteiger partial charge on any atom is 0.238 e. The molecule has 2 aromatic rings. The van der Waals surface area contributed by atoms with Gasteiger partial charge in [-0.3, -0.25) is 9.59 Å². The zero-order valence-corrected chi connectivity index (χ0v) is 26.4. The number of benzene rings is 2. The van der Waals surface area contributed by atoms with Crippen molar-refractivity contribution in [2.24, 2.45) is 11.1 Å². The van der Waals surface area contributed by atoms with Crippen molar-refractivity contribution in [2.75, 3.05) is 0 Å². The Kier molecular flexibility index (Phi) is 12.2. The summed E-state index contributed by atoms with van der Waals surface area (Å²) < 4.78 is 0. The molecule has 4 N–H and O–H groups in total. The van der Waals surface area contributed by atoms with Crippen LogP contribution in [0.1, 0.15) is 109 Å². The molecule has 1 aliphatic carbocycles. The van der Waals surface area contributed by atoms with Crippen molar-refractivity contribution >= 4 is 11.8 Å². The highest BCUT2D eigenvalue weighted by Crippen LogP contribution is 2.46. The molecule has 0 saturated heterocycles. The van der Waals surface area contributed by atoms with E-state index < -0.39 is 34.6 Å². The van der Waals surface area contributed by atoms with Crippen LogP contribution in [0, 0.1) is 5.41 Å². The van der Waals surface area contributed by atoms with E-state index in [-0.39, 0.29) is 5.91 Å². The molecule has 232 valence electrons. The largest absolute Gasteiger partial charge is 0.388 e. The minimum atomic E-state index is -1.32. The molecule has 0 aromatic heterocycles. The van der Waals surface area contributed by atoms with Crippen molar-refractivity contribution in [3.05, 3.63) is 71.8 Å². The molecule has 2 amide bonds. The van der Waals surface area contributed by atoms with Crippen LogP contribution >= 0.6 is 0 Å². The third-order valence-corrected chi connectivity index (χ3v) is 9.51. The number of hydrogen-bond acceptors (Lipinski definition) is 4. The first-order valence-electron chi connectivity index (χ1n) is 16.3. The van der Waals surface area contributed by atoms with E-state index in [0.717, 1.165) is 43.2 Å². The summed E-state index contributed by atoms with van der Waals surface area (Å²) in [6.45, 7) is 8.20. The van der Waals surface area contributed by atoms with Crippen LogP contribution in [0.2, 0.25) is 0 Å². The Hall–Kier alpha value is -2.70. The lowest BCUT2D eigenvalue weighted by Gasteiger charge is -2.54. The van der Waals surface area contributed by atoms with E-state index in [4.69, 9.17) is 5.73 Å². The topological polar surface area (TPSA) is 104 Å². The molecule has 1 aliphatic rings. The SMILES string of the molecule is CCCC(O)(CCC)[C@@H](Cc1ccccc1)N(C(=O)C1(C(N)=O)CCC1)[C@H](Cc1ccccc1)C(O)(CCC)CCC. The molecule has 6 heteroatoms. The molecule has 0 radical (unpaired) electrons. The van der Waals surface area contributed by atoms with Gasteiger partial charge in [-0.15, -0.1) is 0 Å². The van der Waals surface area contributed by atoms with E-state index in [2.05, 4.69) is 27.7 Å². The summed E-state index contributed by atoms with van der Waals surface area (Å²) in [5.74, 6) is -0.941. The van der Waals surface area contributed by atoms with Crippen LogP contribution in [0.3, 0.4) is 0 Å². The lowest BCUT2D eigenvalue weighted by molar-refractivity contribution is -0.178. The van der Waals surface area contributed by atoms with Crippen molar-refractivity contribution in [3.8, 4) is 0 Å². The molecule has 1 fully saturated rings. The fourth-order valence-corrected chi connectivity index (χ4v) is 7.26. The highest BCUT2D eigenvalue weighted by Gasteiger charge is 2.57. The standard InChI is InChI=1S/C36H54N2O4/c1-5-20-35(41,21-6-2)30(26-28-16-11-9-12-17-28)38(33(40)34(32(37)39)24-15-25-34)31(27-29-18-13-10-14-19-29)36(42,22-7-3)23-8-4/h9-14,16-19,30-31,41-42H,5-8,15,20-27H2,1-4H3,(H2,37,39)/t30-,31-/m1/s1. The minimum Gasteiger partial charge on any atom is -0.388 e. The van der Waals surface area contributed by atoms with Crippen molar-refractivity contribution < 1.29 is 19.8 Å². The molecule has 0 unspecified atom stereocenters. The zero-order valence-electron chi connectivity index (χ0n) is 26.4. The second-order valence-electron chi connectivity index (χ2n) is 12.6. The molecular formula is C36H54N2O4. The van der Waals surface area contributed by atoms with Crippen LogP contribution in [0.25, 0.3) is 0 Å². The Balaban J connectivity index is 2.35. The van der Waals surface area contributed by atoms with Crippen LogP contribution in [-0.4, -0.2) is 50.2 Å². The van der Waals surface area contributed by atoms with Crippen LogP contribution in [-0.2, 0) is 22.4 Å². The van der Waals surface area contributed by atoms with Crippen LogP contribution in [0.4, 0.5) is 0 Å². The van der Waals surface area contributed by atoms with Gasteiger partial charge in [0, 0.05) is 0 Å². The van der Waals surface area contributed by atoms with E-state index in [0.29, 0.717) is 51.4 Å². The molecule has 1 saturated carbocycles. The average molecular weight is 579 g/mol. The minimum absolute atomic E-state index is 0.334. The smallest absolute Gasteiger partial charge is 0.238 e. The summed E-state index contributed by atoms with van der Waals surface area (Å²) in [5.41, 5.74) is 4.27. The molecule has 0 heterocycles. The Morgan fingerprint density at radius 1 is 0.738 bits per heavy atom. The Morgan fingerprint density at radius 3 is 1.36 bits per heavy atom. The number of rotatable bonds is 18. The number of nitrogens with zero attached hydrogens (tertiary/aromatic N) is 1. The fourth-order valence-electron chi connectivity index (χ4n) is 7.26. The highest BCUT2D eigenvalue weighted by atomic mass is 16.3. The van der Waals surface area contributed by atoms with E-state index in [1.54, 1.807) is 4.90 Å². The molecule has 2 aromatic carbocycles. The van der Waals surface area contributed by atoms with Gasteiger partial charge in [-0.05, 0) is 62.5 Å². The van der Waals surface area contributed by atoms with E-state index >= 15 is 4.79 Å². The summed E-state index contributed by atoms with van der Waals surface area (Å²) in [4.78, 5) is 29.9. The molecule has 0 bridgehead atoms. The number of amides is 2. The van der Waals surface area contributed by atoms with Gasteiger partial charge in [0.05, 0.1) is 23.3 Å². The highest BCUT2D eigenvalue weighted by molar-refractivity contribution is 6.05. The normalized spacial score (nSPS) is 16.3. The lowest BCUT2D eigenvalue weighted by atomic mass is 9.65. The molecule has 3 rings (SSSR count). The first kappa shape index (κ1) is 33.8. The first-order valence-corrected chi connectivity index (χ1v) is 16.3. The van der Waals surface area contributed by atoms with Gasteiger partial charge in [0.25, 0.3) is 0 Å².